The molecule has 1 N–H and O–H groups in total. The van der Waals surface area contributed by atoms with E-state index in [0.717, 1.165) is 31.2 Å². The second-order valence-electron chi connectivity index (χ2n) is 11.0. The number of allylic oxidation sites excluding steroid dienone is 4. The van der Waals surface area contributed by atoms with Crippen LogP contribution in [0.25, 0.3) is 0 Å². The Kier molecular flexibility index (Phi) is 5.70. The third-order valence-electron chi connectivity index (χ3n) is 9.56. The SMILES string of the molecule is COCC[C@@]1(O)CC[C@H]2[C@@H]3CCC4=CCCCC4=C3C(c3ccc(C(C)=O)cc3)C[C@@]21C. The highest BCUT2D eigenvalue weighted by Crippen LogP contribution is 2.67. The fourth-order valence-corrected chi connectivity index (χ4v) is 7.79. The van der Waals surface area contributed by atoms with Crippen LogP contribution in [-0.2, 0) is 4.74 Å². The topological polar surface area (TPSA) is 46.5 Å². The lowest BCUT2D eigenvalue weighted by atomic mass is 9.51. The smallest absolute Gasteiger partial charge is 0.159 e. The van der Waals surface area contributed by atoms with Crippen LogP contribution >= 0.6 is 0 Å². The molecule has 172 valence electrons. The number of benzene rings is 1. The molecule has 32 heavy (non-hydrogen) atoms. The van der Waals surface area contributed by atoms with Gasteiger partial charge in [-0.05, 0) is 86.8 Å². The van der Waals surface area contributed by atoms with Crippen molar-refractivity contribution in [3.05, 3.63) is 58.2 Å². The summed E-state index contributed by atoms with van der Waals surface area (Å²) in [6.45, 7) is 4.61. The van der Waals surface area contributed by atoms with Crippen LogP contribution in [0.4, 0.5) is 0 Å². The zero-order chi connectivity index (χ0) is 22.5. The summed E-state index contributed by atoms with van der Waals surface area (Å²) in [5, 5.41) is 11.9. The summed E-state index contributed by atoms with van der Waals surface area (Å²) in [5.74, 6) is 1.55. The Labute approximate surface area is 192 Å². The third kappa shape index (κ3) is 3.35. The van der Waals surface area contributed by atoms with Crippen LogP contribution in [0.1, 0.15) is 93.5 Å². The number of Topliss-reactive ketones (excluding diaryl/α,β-unsaturated/α-hetero) is 1. The fraction of sp³-hybridized carbons (Fsp3) is 0.621. The number of hydrogen-bond acceptors (Lipinski definition) is 3. The van der Waals surface area contributed by atoms with Crippen molar-refractivity contribution in [3.63, 3.8) is 0 Å². The van der Waals surface area contributed by atoms with Crippen LogP contribution in [0.3, 0.4) is 0 Å². The Bertz CT molecular complexity index is 955. The van der Waals surface area contributed by atoms with Crippen molar-refractivity contribution < 1.29 is 14.6 Å². The number of fused-ring (bicyclic) bond motifs is 4. The van der Waals surface area contributed by atoms with Gasteiger partial charge in [-0.15, -0.1) is 0 Å². The van der Waals surface area contributed by atoms with Gasteiger partial charge in [-0.25, -0.2) is 0 Å². The zero-order valence-corrected chi connectivity index (χ0v) is 20.0. The van der Waals surface area contributed by atoms with E-state index < -0.39 is 5.60 Å². The Balaban J connectivity index is 1.62. The van der Waals surface area contributed by atoms with E-state index in [1.54, 1.807) is 30.8 Å². The van der Waals surface area contributed by atoms with Crippen LogP contribution in [0.15, 0.2) is 47.1 Å². The number of rotatable bonds is 5. The zero-order valence-electron chi connectivity index (χ0n) is 20.0. The van der Waals surface area contributed by atoms with Gasteiger partial charge in [-0.3, -0.25) is 4.79 Å². The summed E-state index contributed by atoms with van der Waals surface area (Å²) < 4.78 is 5.41. The highest BCUT2D eigenvalue weighted by Gasteiger charge is 2.62. The molecule has 5 rings (SSSR count). The number of aliphatic hydroxyl groups is 1. The van der Waals surface area contributed by atoms with Gasteiger partial charge < -0.3 is 9.84 Å². The molecule has 0 aromatic heterocycles. The molecule has 4 aliphatic carbocycles. The summed E-state index contributed by atoms with van der Waals surface area (Å²) in [5.41, 5.74) is 6.24. The maximum Gasteiger partial charge on any atom is 0.159 e. The van der Waals surface area contributed by atoms with Crippen molar-refractivity contribution in [1.82, 2.24) is 0 Å². The fourth-order valence-electron chi connectivity index (χ4n) is 7.79. The van der Waals surface area contributed by atoms with Gasteiger partial charge in [0.25, 0.3) is 0 Å². The molecule has 0 bridgehead atoms. The first-order valence-electron chi connectivity index (χ1n) is 12.6. The van der Waals surface area contributed by atoms with Crippen molar-refractivity contribution in [1.29, 1.82) is 0 Å². The summed E-state index contributed by atoms with van der Waals surface area (Å²) >= 11 is 0. The number of hydrogen-bond donors (Lipinski definition) is 1. The summed E-state index contributed by atoms with van der Waals surface area (Å²) in [6, 6.07) is 8.36. The van der Waals surface area contributed by atoms with E-state index >= 15 is 0 Å². The van der Waals surface area contributed by atoms with Crippen LogP contribution in [-0.4, -0.2) is 30.2 Å². The average molecular weight is 435 g/mol. The van der Waals surface area contributed by atoms with E-state index in [0.29, 0.717) is 24.4 Å². The molecule has 1 unspecified atom stereocenters. The molecular weight excluding hydrogens is 396 g/mol. The van der Waals surface area contributed by atoms with Crippen molar-refractivity contribution in [2.24, 2.45) is 17.3 Å². The molecular formula is C29H38O3. The quantitative estimate of drug-likeness (QED) is 0.547. The predicted molar refractivity (Wildman–Crippen MR) is 128 cm³/mol. The molecule has 4 aliphatic rings. The van der Waals surface area contributed by atoms with Gasteiger partial charge in [0.1, 0.15) is 0 Å². The summed E-state index contributed by atoms with van der Waals surface area (Å²) in [6.07, 6.45) is 12.3. The molecule has 2 saturated carbocycles. The maximum absolute atomic E-state index is 11.9. The molecule has 3 heteroatoms. The van der Waals surface area contributed by atoms with E-state index in [1.807, 2.05) is 12.1 Å². The lowest BCUT2D eigenvalue weighted by Gasteiger charge is -2.55. The largest absolute Gasteiger partial charge is 0.389 e. The Morgan fingerprint density at radius 2 is 1.97 bits per heavy atom. The minimum absolute atomic E-state index is 0.111. The second kappa shape index (κ2) is 8.25. The lowest BCUT2D eigenvalue weighted by molar-refractivity contribution is -0.106. The summed E-state index contributed by atoms with van der Waals surface area (Å²) in [4.78, 5) is 11.9. The molecule has 1 aromatic rings. The van der Waals surface area contributed by atoms with Crippen molar-refractivity contribution >= 4 is 5.78 Å². The monoisotopic (exact) mass is 434 g/mol. The standard InChI is InChI=1S/C29H38O3/c1-19(30)20-8-10-22(11-9-20)25-18-28(2)26(14-15-29(28,31)16-17-32-3)24-13-12-21-6-4-5-7-23(21)27(24)25/h6,8-11,24-26,31H,4-5,7,12-18H2,1-3H3/t24-,25?,26-,28-,29-/m0/s1. The van der Waals surface area contributed by atoms with E-state index in [9.17, 15) is 9.90 Å². The first-order chi connectivity index (χ1) is 15.4. The van der Waals surface area contributed by atoms with E-state index in [2.05, 4.69) is 25.1 Å². The molecule has 0 aliphatic heterocycles. The van der Waals surface area contributed by atoms with Crippen LogP contribution in [0.5, 0.6) is 0 Å². The predicted octanol–water partition coefficient (Wildman–Crippen LogP) is 6.38. The van der Waals surface area contributed by atoms with Crippen LogP contribution in [0.2, 0.25) is 0 Å². The second-order valence-corrected chi connectivity index (χ2v) is 11.0. The molecule has 0 amide bonds. The first kappa shape index (κ1) is 22.1. The molecule has 0 spiro atoms. The minimum atomic E-state index is -0.663. The number of carbonyl (C=O) groups is 1. The average Bonchev–Trinajstić information content (AvgIpc) is 3.07. The first-order valence-corrected chi connectivity index (χ1v) is 12.6. The van der Waals surface area contributed by atoms with E-state index in [4.69, 9.17) is 4.74 Å². The van der Waals surface area contributed by atoms with Crippen LogP contribution < -0.4 is 0 Å². The van der Waals surface area contributed by atoms with E-state index in [-0.39, 0.29) is 11.2 Å². The van der Waals surface area contributed by atoms with Gasteiger partial charge in [0.05, 0.1) is 5.60 Å². The van der Waals surface area contributed by atoms with Gasteiger partial charge in [-0.1, -0.05) is 42.8 Å². The van der Waals surface area contributed by atoms with Crippen LogP contribution in [0, 0.1) is 17.3 Å². The van der Waals surface area contributed by atoms with Crippen molar-refractivity contribution in [2.75, 3.05) is 13.7 Å². The van der Waals surface area contributed by atoms with Gasteiger partial charge in [0.2, 0.25) is 0 Å². The van der Waals surface area contributed by atoms with Crippen molar-refractivity contribution in [3.8, 4) is 0 Å². The molecule has 3 nitrogen and oxygen atoms in total. The Morgan fingerprint density at radius 3 is 2.69 bits per heavy atom. The number of methoxy groups -OCH3 is 1. The highest BCUT2D eigenvalue weighted by molar-refractivity contribution is 5.94. The molecule has 5 atom stereocenters. The van der Waals surface area contributed by atoms with Gasteiger partial charge >= 0.3 is 0 Å². The number of carbonyl (C=O) groups excluding carboxylic acids is 1. The van der Waals surface area contributed by atoms with Gasteiger partial charge in [0.15, 0.2) is 5.78 Å². The van der Waals surface area contributed by atoms with Gasteiger partial charge in [0, 0.05) is 37.0 Å². The lowest BCUT2D eigenvalue weighted by Crippen LogP contribution is -2.52. The summed E-state index contributed by atoms with van der Waals surface area (Å²) in [7, 11) is 1.74. The molecule has 2 fully saturated rings. The minimum Gasteiger partial charge on any atom is -0.389 e. The van der Waals surface area contributed by atoms with E-state index in [1.165, 1.54) is 37.7 Å². The molecule has 0 radical (unpaired) electrons. The van der Waals surface area contributed by atoms with Gasteiger partial charge in [-0.2, -0.15) is 0 Å². The highest BCUT2D eigenvalue weighted by atomic mass is 16.5. The molecule has 0 saturated heterocycles. The Hall–Kier alpha value is -1.71. The number of ketones is 1. The third-order valence-corrected chi connectivity index (χ3v) is 9.56. The van der Waals surface area contributed by atoms with Crippen molar-refractivity contribution in [2.45, 2.75) is 83.2 Å². The Morgan fingerprint density at radius 1 is 1.19 bits per heavy atom. The normalized spacial score (nSPS) is 36.2. The number of ether oxygens (including phenoxy) is 1. The maximum atomic E-state index is 11.9. The molecule has 0 heterocycles. The molecule has 1 aromatic carbocycles.